The predicted molar refractivity (Wildman–Crippen MR) is 117 cm³/mol. The van der Waals surface area contributed by atoms with Crippen LogP contribution in [-0.4, -0.2) is 62.8 Å². The minimum absolute atomic E-state index is 0.112. The number of carbonyl (C=O) groups excluding carboxylic acids is 1. The van der Waals surface area contributed by atoms with Gasteiger partial charge in [-0.05, 0) is 17.2 Å². The number of nitrogens with one attached hydrogen (secondary N) is 1. The smallest absolute Gasteiger partial charge is 0.277 e. The van der Waals surface area contributed by atoms with E-state index in [-0.39, 0.29) is 5.91 Å². The molecular formula is C23H28N3O3S+. The molecular weight excluding hydrogens is 398 g/mol. The molecule has 7 heteroatoms. The van der Waals surface area contributed by atoms with Crippen molar-refractivity contribution >= 4 is 22.0 Å². The zero-order valence-electron chi connectivity index (χ0n) is 17.0. The summed E-state index contributed by atoms with van der Waals surface area (Å²) in [5.41, 5.74) is 3.56. The number of hydrogen-bond acceptors (Lipinski definition) is 3. The molecule has 4 rings (SSSR count). The van der Waals surface area contributed by atoms with Gasteiger partial charge in [0, 0.05) is 43.6 Å². The molecule has 6 nitrogen and oxygen atoms in total. The molecule has 1 fully saturated rings. The maximum Gasteiger partial charge on any atom is 0.277 e. The van der Waals surface area contributed by atoms with E-state index < -0.39 is 10.0 Å². The first kappa shape index (κ1) is 20.8. The van der Waals surface area contributed by atoms with Crippen molar-refractivity contribution in [3.05, 3.63) is 76.7 Å². The maximum absolute atomic E-state index is 12.8. The summed E-state index contributed by atoms with van der Waals surface area (Å²) in [7, 11) is -3.48. The molecule has 1 unspecified atom stereocenters. The molecule has 0 bridgehead atoms. The molecule has 2 heterocycles. The van der Waals surface area contributed by atoms with Crippen LogP contribution < -0.4 is 4.90 Å². The third-order valence-corrected chi connectivity index (χ3v) is 7.46. The van der Waals surface area contributed by atoms with Gasteiger partial charge in [0.05, 0.1) is 6.54 Å². The Balaban J connectivity index is 1.29. The third-order valence-electron chi connectivity index (χ3n) is 5.89. The van der Waals surface area contributed by atoms with E-state index in [1.165, 1.54) is 25.7 Å². The van der Waals surface area contributed by atoms with Crippen LogP contribution in [0.5, 0.6) is 0 Å². The van der Waals surface area contributed by atoms with Gasteiger partial charge in [0.25, 0.3) is 5.91 Å². The Morgan fingerprint density at radius 3 is 2.33 bits per heavy atom. The fourth-order valence-corrected chi connectivity index (χ4v) is 5.30. The van der Waals surface area contributed by atoms with Crippen molar-refractivity contribution in [1.29, 1.82) is 0 Å². The molecule has 2 aliphatic rings. The van der Waals surface area contributed by atoms with Crippen LogP contribution in [0.4, 0.5) is 0 Å². The summed E-state index contributed by atoms with van der Waals surface area (Å²) in [5, 5.41) is 1.26. The Kier molecular flexibility index (Phi) is 6.32. The SMILES string of the molecule is O=C(C[NH+]1CCc2ccccc2C1)N1CCN(S(=O)(=O)/C=C/c2ccccc2)CC1. The van der Waals surface area contributed by atoms with Gasteiger partial charge in [-0.1, -0.05) is 54.6 Å². The van der Waals surface area contributed by atoms with E-state index in [1.54, 1.807) is 11.0 Å². The topological polar surface area (TPSA) is 62.1 Å². The minimum Gasteiger partial charge on any atom is -0.335 e. The highest BCUT2D eigenvalue weighted by molar-refractivity contribution is 7.92. The lowest BCUT2D eigenvalue weighted by Crippen LogP contribution is -3.12. The summed E-state index contributed by atoms with van der Waals surface area (Å²) >= 11 is 0. The van der Waals surface area contributed by atoms with Crippen LogP contribution in [0.15, 0.2) is 60.0 Å². The molecule has 2 aromatic carbocycles. The van der Waals surface area contributed by atoms with Gasteiger partial charge in [0.15, 0.2) is 6.54 Å². The monoisotopic (exact) mass is 426 g/mol. The van der Waals surface area contributed by atoms with Gasteiger partial charge < -0.3 is 9.80 Å². The van der Waals surface area contributed by atoms with E-state index in [2.05, 4.69) is 24.3 Å². The Bertz CT molecular complexity index is 1010. The van der Waals surface area contributed by atoms with Gasteiger partial charge in [0.1, 0.15) is 6.54 Å². The largest absolute Gasteiger partial charge is 0.335 e. The molecule has 158 valence electrons. The summed E-state index contributed by atoms with van der Waals surface area (Å²) < 4.78 is 26.7. The predicted octanol–water partition coefficient (Wildman–Crippen LogP) is 0.773. The fraction of sp³-hybridized carbons (Fsp3) is 0.348. The summed E-state index contributed by atoms with van der Waals surface area (Å²) in [6, 6.07) is 17.8. The van der Waals surface area contributed by atoms with Crippen LogP contribution in [0.1, 0.15) is 16.7 Å². The molecule has 1 N–H and O–H groups in total. The van der Waals surface area contributed by atoms with Crippen LogP contribution in [-0.2, 0) is 27.8 Å². The number of benzene rings is 2. The van der Waals surface area contributed by atoms with Crippen LogP contribution in [0.3, 0.4) is 0 Å². The molecule has 0 spiro atoms. The Morgan fingerprint density at radius 1 is 0.933 bits per heavy atom. The molecule has 0 aliphatic carbocycles. The number of nitrogens with zero attached hydrogens (tertiary/aromatic N) is 2. The first-order valence-corrected chi connectivity index (χ1v) is 11.9. The second-order valence-corrected chi connectivity index (χ2v) is 9.73. The van der Waals surface area contributed by atoms with E-state index in [0.717, 1.165) is 25.1 Å². The standard InChI is InChI=1S/C23H27N3O3S/c27-23(19-24-12-10-21-8-4-5-9-22(21)18-24)25-13-15-26(16-14-25)30(28,29)17-11-20-6-2-1-3-7-20/h1-9,11,17H,10,12-16,18-19H2/p+1/b17-11+. The number of fused-ring (bicyclic) bond motifs is 1. The van der Waals surface area contributed by atoms with Crippen molar-refractivity contribution in [2.24, 2.45) is 0 Å². The summed E-state index contributed by atoms with van der Waals surface area (Å²) in [4.78, 5) is 15.9. The Morgan fingerprint density at radius 2 is 1.60 bits per heavy atom. The minimum atomic E-state index is -3.48. The van der Waals surface area contributed by atoms with E-state index in [9.17, 15) is 13.2 Å². The van der Waals surface area contributed by atoms with E-state index in [0.29, 0.717) is 32.7 Å². The van der Waals surface area contributed by atoms with Crippen LogP contribution >= 0.6 is 0 Å². The van der Waals surface area contributed by atoms with E-state index in [4.69, 9.17) is 0 Å². The summed E-state index contributed by atoms with van der Waals surface area (Å²) in [6.07, 6.45) is 2.61. The highest BCUT2D eigenvalue weighted by Gasteiger charge is 2.30. The van der Waals surface area contributed by atoms with Crippen LogP contribution in [0, 0.1) is 0 Å². The molecule has 1 saturated heterocycles. The van der Waals surface area contributed by atoms with Crippen molar-refractivity contribution < 1.29 is 18.1 Å². The molecule has 0 radical (unpaired) electrons. The molecule has 30 heavy (non-hydrogen) atoms. The van der Waals surface area contributed by atoms with Crippen LogP contribution in [0.2, 0.25) is 0 Å². The van der Waals surface area contributed by atoms with E-state index >= 15 is 0 Å². The van der Waals surface area contributed by atoms with Gasteiger partial charge in [-0.25, -0.2) is 8.42 Å². The molecule has 2 aromatic rings. The zero-order chi connectivity index (χ0) is 21.0. The van der Waals surface area contributed by atoms with Gasteiger partial charge in [-0.3, -0.25) is 4.79 Å². The van der Waals surface area contributed by atoms with Gasteiger partial charge in [-0.2, -0.15) is 4.31 Å². The second kappa shape index (κ2) is 9.12. The quantitative estimate of drug-likeness (QED) is 0.769. The molecule has 0 aromatic heterocycles. The lowest BCUT2D eigenvalue weighted by molar-refractivity contribution is -0.908. The average molecular weight is 427 g/mol. The van der Waals surface area contributed by atoms with Crippen molar-refractivity contribution in [2.45, 2.75) is 13.0 Å². The van der Waals surface area contributed by atoms with Crippen molar-refractivity contribution in [3.63, 3.8) is 0 Å². The number of piperazine rings is 1. The highest BCUT2D eigenvalue weighted by Crippen LogP contribution is 2.13. The van der Waals surface area contributed by atoms with E-state index in [1.807, 2.05) is 30.3 Å². The lowest BCUT2D eigenvalue weighted by atomic mass is 10.00. The summed E-state index contributed by atoms with van der Waals surface area (Å²) in [6.45, 7) is 3.87. The second-order valence-electron chi connectivity index (χ2n) is 7.91. The first-order chi connectivity index (χ1) is 14.5. The number of sulfonamides is 1. The molecule has 0 saturated carbocycles. The fourth-order valence-electron chi connectivity index (χ4n) is 4.13. The van der Waals surface area contributed by atoms with Gasteiger partial charge in [-0.15, -0.1) is 0 Å². The van der Waals surface area contributed by atoms with Crippen molar-refractivity contribution in [2.75, 3.05) is 39.3 Å². The van der Waals surface area contributed by atoms with Gasteiger partial charge in [0.2, 0.25) is 10.0 Å². The number of amides is 1. The number of carbonyl (C=O) groups is 1. The Labute approximate surface area is 178 Å². The maximum atomic E-state index is 12.8. The van der Waals surface area contributed by atoms with Crippen molar-refractivity contribution in [1.82, 2.24) is 9.21 Å². The van der Waals surface area contributed by atoms with Crippen molar-refractivity contribution in [3.8, 4) is 0 Å². The zero-order valence-corrected chi connectivity index (χ0v) is 17.9. The summed E-state index contributed by atoms with van der Waals surface area (Å²) in [5.74, 6) is 0.112. The molecule has 1 amide bonds. The number of hydrogen-bond donors (Lipinski definition) is 1. The normalized spacial score (nSPS) is 20.3. The number of rotatable bonds is 5. The van der Waals surface area contributed by atoms with Gasteiger partial charge >= 0.3 is 0 Å². The Hall–Kier alpha value is -2.48. The lowest BCUT2D eigenvalue weighted by Gasteiger charge is -2.34. The first-order valence-electron chi connectivity index (χ1n) is 10.4. The average Bonchev–Trinajstić information content (AvgIpc) is 2.78. The molecule has 2 aliphatic heterocycles. The number of quaternary nitrogens is 1. The van der Waals surface area contributed by atoms with Crippen LogP contribution in [0.25, 0.3) is 6.08 Å². The molecule has 1 atom stereocenters. The highest BCUT2D eigenvalue weighted by atomic mass is 32.2. The third kappa shape index (κ3) is 4.98.